The lowest BCUT2D eigenvalue weighted by Crippen LogP contribution is -2.46. The second-order valence-electron chi connectivity index (χ2n) is 10.6. The van der Waals surface area contributed by atoms with Crippen molar-refractivity contribution in [2.24, 2.45) is 0 Å². The van der Waals surface area contributed by atoms with Gasteiger partial charge in [0.2, 0.25) is 0 Å². The molecule has 2 unspecified atom stereocenters. The molecule has 1 aliphatic rings. The fourth-order valence-corrected chi connectivity index (χ4v) is 6.08. The van der Waals surface area contributed by atoms with Gasteiger partial charge in [-0.25, -0.2) is 0 Å². The van der Waals surface area contributed by atoms with Crippen LogP contribution in [0.15, 0.2) is 42.5 Å². The van der Waals surface area contributed by atoms with E-state index in [-0.39, 0.29) is 29.2 Å². The maximum Gasteiger partial charge on any atom is 0.453 e. The molecule has 0 saturated carbocycles. The molecule has 42 heavy (non-hydrogen) atoms. The van der Waals surface area contributed by atoms with Crippen molar-refractivity contribution >= 4 is 17.1 Å². The van der Waals surface area contributed by atoms with Crippen molar-refractivity contribution in [1.29, 1.82) is 0 Å². The predicted molar refractivity (Wildman–Crippen MR) is 150 cm³/mol. The maximum absolute atomic E-state index is 13.3. The quantitative estimate of drug-likeness (QED) is 0.123. The van der Waals surface area contributed by atoms with Crippen molar-refractivity contribution in [3.8, 4) is 11.5 Å². The van der Waals surface area contributed by atoms with E-state index >= 15 is 0 Å². The number of carbonyl (C=O) groups is 1. The fraction of sp³-hybridized carbons (Fsp3) is 0.567. The number of aromatic hydroxyl groups is 2. The SMILES string of the molecule is O=C(c1ccc(O)cc1)N1Cc2ccc(O)cc2CC1COCCCCCCCC[S+]([O-])CCCC(F)(F)C(F)(F)F. The molecule has 2 atom stereocenters. The van der Waals surface area contributed by atoms with Gasteiger partial charge in [0.05, 0.1) is 12.6 Å². The highest BCUT2D eigenvalue weighted by Crippen LogP contribution is 2.39. The summed E-state index contributed by atoms with van der Waals surface area (Å²) in [4.78, 5) is 15.0. The molecule has 1 amide bonds. The van der Waals surface area contributed by atoms with E-state index in [2.05, 4.69) is 0 Å². The van der Waals surface area contributed by atoms with Crippen LogP contribution in [0.25, 0.3) is 0 Å². The number of unbranched alkanes of at least 4 members (excludes halogenated alkanes) is 5. The first kappa shape index (κ1) is 33.9. The van der Waals surface area contributed by atoms with Gasteiger partial charge >= 0.3 is 12.1 Å². The van der Waals surface area contributed by atoms with E-state index in [1.165, 1.54) is 12.1 Å². The van der Waals surface area contributed by atoms with Gasteiger partial charge in [-0.2, -0.15) is 22.0 Å². The minimum Gasteiger partial charge on any atom is -0.616 e. The van der Waals surface area contributed by atoms with Gasteiger partial charge in [0, 0.05) is 25.1 Å². The lowest BCUT2D eigenvalue weighted by Gasteiger charge is -2.37. The molecule has 2 aromatic rings. The molecule has 0 aliphatic carbocycles. The number of alkyl halides is 5. The number of halogens is 5. The normalized spacial score (nSPS) is 16.3. The Hall–Kier alpha value is -2.57. The van der Waals surface area contributed by atoms with Gasteiger partial charge in [-0.15, -0.1) is 0 Å². The second kappa shape index (κ2) is 15.8. The number of fused-ring (bicyclic) bond motifs is 1. The highest BCUT2D eigenvalue weighted by atomic mass is 32.2. The van der Waals surface area contributed by atoms with Gasteiger partial charge in [-0.3, -0.25) is 4.79 Å². The summed E-state index contributed by atoms with van der Waals surface area (Å²) in [5.74, 6) is -4.52. The molecule has 3 rings (SSSR count). The largest absolute Gasteiger partial charge is 0.616 e. The van der Waals surface area contributed by atoms with E-state index in [0.717, 1.165) is 43.2 Å². The third kappa shape index (κ3) is 10.3. The standard InChI is InChI=1S/C30H38F5NO5S/c31-29(32,30(33,34)35)14-7-17-42(40)16-6-4-2-1-3-5-15-41-21-25-18-24-19-27(38)13-10-23(24)20-36(25)28(39)22-8-11-26(37)12-9-22/h8-13,19,25,37-38H,1-7,14-18,20-21H2. The lowest BCUT2D eigenvalue weighted by atomic mass is 9.93. The molecular formula is C30H38F5NO5S. The summed E-state index contributed by atoms with van der Waals surface area (Å²) in [5, 5.41) is 19.5. The van der Waals surface area contributed by atoms with Crippen molar-refractivity contribution in [3.05, 3.63) is 59.2 Å². The summed E-state index contributed by atoms with van der Waals surface area (Å²) >= 11 is -1.40. The van der Waals surface area contributed by atoms with Crippen LogP contribution in [0.5, 0.6) is 11.5 Å². The Morgan fingerprint density at radius 1 is 0.881 bits per heavy atom. The summed E-state index contributed by atoms with van der Waals surface area (Å²) < 4.78 is 80.2. The Labute approximate surface area is 246 Å². The summed E-state index contributed by atoms with van der Waals surface area (Å²) in [6.07, 6.45) is -1.83. The van der Waals surface area contributed by atoms with Crippen LogP contribution in [-0.2, 0) is 28.9 Å². The summed E-state index contributed by atoms with van der Waals surface area (Å²) in [6, 6.07) is 11.0. The van der Waals surface area contributed by atoms with Gasteiger partial charge in [-0.1, -0.05) is 36.5 Å². The molecule has 0 saturated heterocycles. The zero-order valence-electron chi connectivity index (χ0n) is 23.4. The number of phenols is 2. The van der Waals surface area contributed by atoms with Crippen LogP contribution in [0.2, 0.25) is 0 Å². The minimum absolute atomic E-state index is 0.0777. The van der Waals surface area contributed by atoms with Gasteiger partial charge in [-0.05, 0) is 79.6 Å². The zero-order valence-corrected chi connectivity index (χ0v) is 24.2. The number of benzene rings is 2. The average molecular weight is 620 g/mol. The Kier molecular flexibility index (Phi) is 12.7. The van der Waals surface area contributed by atoms with E-state index in [1.54, 1.807) is 29.2 Å². The average Bonchev–Trinajstić information content (AvgIpc) is 2.93. The summed E-state index contributed by atoms with van der Waals surface area (Å²) in [7, 11) is 0. The van der Waals surface area contributed by atoms with Crippen LogP contribution in [-0.4, -0.2) is 68.4 Å². The zero-order chi connectivity index (χ0) is 30.8. The third-order valence-electron chi connectivity index (χ3n) is 7.30. The van der Waals surface area contributed by atoms with Crippen molar-refractivity contribution in [1.82, 2.24) is 4.90 Å². The Morgan fingerprint density at radius 3 is 2.19 bits per heavy atom. The van der Waals surface area contributed by atoms with Crippen molar-refractivity contribution < 1.29 is 46.2 Å². The number of amides is 1. The first-order valence-electron chi connectivity index (χ1n) is 14.2. The van der Waals surface area contributed by atoms with Crippen molar-refractivity contribution in [3.63, 3.8) is 0 Å². The second-order valence-corrected chi connectivity index (χ2v) is 12.3. The summed E-state index contributed by atoms with van der Waals surface area (Å²) in [6.45, 7) is 1.23. The van der Waals surface area contributed by atoms with Crippen LogP contribution in [0.1, 0.15) is 72.9 Å². The molecule has 0 bridgehead atoms. The van der Waals surface area contributed by atoms with E-state index in [1.807, 2.05) is 6.07 Å². The number of rotatable bonds is 16. The van der Waals surface area contributed by atoms with E-state index in [9.17, 15) is 41.5 Å². The smallest absolute Gasteiger partial charge is 0.453 e. The Morgan fingerprint density at radius 2 is 1.50 bits per heavy atom. The van der Waals surface area contributed by atoms with Gasteiger partial charge in [0.25, 0.3) is 5.91 Å². The van der Waals surface area contributed by atoms with Crippen LogP contribution in [0, 0.1) is 0 Å². The molecule has 0 aromatic heterocycles. The van der Waals surface area contributed by atoms with Crippen LogP contribution in [0.4, 0.5) is 22.0 Å². The number of nitrogens with zero attached hydrogens (tertiary/aromatic N) is 1. The summed E-state index contributed by atoms with van der Waals surface area (Å²) in [5.41, 5.74) is 2.40. The minimum atomic E-state index is -5.57. The number of hydrogen-bond acceptors (Lipinski definition) is 5. The van der Waals surface area contributed by atoms with Crippen molar-refractivity contribution in [2.75, 3.05) is 24.7 Å². The Bertz CT molecular complexity index is 1130. The molecule has 0 spiro atoms. The molecule has 1 heterocycles. The van der Waals surface area contributed by atoms with Crippen LogP contribution >= 0.6 is 0 Å². The topological polar surface area (TPSA) is 93.1 Å². The van der Waals surface area contributed by atoms with Gasteiger partial charge in [0.1, 0.15) is 23.0 Å². The molecule has 0 radical (unpaired) electrons. The first-order chi connectivity index (χ1) is 19.9. The lowest BCUT2D eigenvalue weighted by molar-refractivity contribution is -0.284. The fourth-order valence-electron chi connectivity index (χ4n) is 4.88. The van der Waals surface area contributed by atoms with Crippen LogP contribution < -0.4 is 0 Å². The highest BCUT2D eigenvalue weighted by Gasteiger charge is 2.56. The molecule has 2 N–H and O–H groups in total. The highest BCUT2D eigenvalue weighted by molar-refractivity contribution is 7.91. The molecule has 0 fully saturated rings. The number of phenolic OH excluding ortho intramolecular Hbond substituents is 2. The van der Waals surface area contributed by atoms with E-state index in [0.29, 0.717) is 43.9 Å². The van der Waals surface area contributed by atoms with Crippen LogP contribution in [0.3, 0.4) is 0 Å². The maximum atomic E-state index is 13.3. The molecule has 1 aliphatic heterocycles. The first-order valence-corrected chi connectivity index (χ1v) is 15.6. The van der Waals surface area contributed by atoms with E-state index < -0.39 is 36.1 Å². The number of carbonyl (C=O) groups excluding carboxylic acids is 1. The molecule has 234 valence electrons. The number of hydrogen-bond donors (Lipinski definition) is 2. The van der Waals surface area contributed by atoms with Gasteiger partial charge in [0.15, 0.2) is 0 Å². The molecular weight excluding hydrogens is 581 g/mol. The Balaban J connectivity index is 1.32. The molecule has 12 heteroatoms. The monoisotopic (exact) mass is 619 g/mol. The third-order valence-corrected chi connectivity index (χ3v) is 8.79. The van der Waals surface area contributed by atoms with Gasteiger partial charge < -0.3 is 24.4 Å². The van der Waals surface area contributed by atoms with Crippen molar-refractivity contribution in [2.45, 2.75) is 82.5 Å². The van der Waals surface area contributed by atoms with E-state index in [4.69, 9.17) is 4.74 Å². The molecule has 2 aromatic carbocycles. The molecule has 6 nitrogen and oxygen atoms in total. The number of ether oxygens (including phenoxy) is 1. The predicted octanol–water partition coefficient (Wildman–Crippen LogP) is 6.75.